The molecular formula is C11H17N3O. The second kappa shape index (κ2) is 7.67. The molecule has 2 heterocycles. The van der Waals surface area contributed by atoms with Crippen LogP contribution in [0.4, 0.5) is 0 Å². The third kappa shape index (κ3) is 3.50. The SMILES string of the molecule is CC.CC.O=c1[nH]cnc2cnccc12. The lowest BCUT2D eigenvalue weighted by Crippen LogP contribution is -2.05. The lowest BCUT2D eigenvalue weighted by atomic mass is 10.3. The number of aromatic amines is 1. The molecule has 2 rings (SSSR count). The van der Waals surface area contributed by atoms with E-state index in [1.807, 2.05) is 27.7 Å². The van der Waals surface area contributed by atoms with Crippen LogP contribution in [0.5, 0.6) is 0 Å². The van der Waals surface area contributed by atoms with Crippen LogP contribution >= 0.6 is 0 Å². The molecule has 15 heavy (non-hydrogen) atoms. The molecule has 0 saturated heterocycles. The zero-order valence-electron chi connectivity index (χ0n) is 9.61. The van der Waals surface area contributed by atoms with Crippen molar-refractivity contribution >= 4 is 10.9 Å². The number of hydrogen-bond acceptors (Lipinski definition) is 3. The molecule has 0 radical (unpaired) electrons. The highest BCUT2D eigenvalue weighted by molar-refractivity contribution is 5.75. The van der Waals surface area contributed by atoms with Crippen molar-refractivity contribution in [2.45, 2.75) is 27.7 Å². The van der Waals surface area contributed by atoms with Gasteiger partial charge >= 0.3 is 0 Å². The van der Waals surface area contributed by atoms with Crippen LogP contribution in [0.2, 0.25) is 0 Å². The molecule has 0 aliphatic rings. The molecule has 0 aliphatic heterocycles. The minimum atomic E-state index is -0.127. The van der Waals surface area contributed by atoms with Crippen LogP contribution in [0.25, 0.3) is 10.9 Å². The van der Waals surface area contributed by atoms with E-state index >= 15 is 0 Å². The van der Waals surface area contributed by atoms with Gasteiger partial charge in [-0.25, -0.2) is 4.98 Å². The van der Waals surface area contributed by atoms with Crippen LogP contribution in [0.15, 0.2) is 29.6 Å². The van der Waals surface area contributed by atoms with Gasteiger partial charge in [0, 0.05) is 6.20 Å². The summed E-state index contributed by atoms with van der Waals surface area (Å²) in [5.74, 6) is 0. The van der Waals surface area contributed by atoms with Gasteiger partial charge in [0.1, 0.15) is 0 Å². The van der Waals surface area contributed by atoms with E-state index < -0.39 is 0 Å². The normalized spacial score (nSPS) is 8.27. The van der Waals surface area contributed by atoms with E-state index in [2.05, 4.69) is 15.0 Å². The van der Waals surface area contributed by atoms with Crippen molar-refractivity contribution in [1.82, 2.24) is 15.0 Å². The Bertz CT molecular complexity index is 432. The molecule has 2 aromatic rings. The number of nitrogens with one attached hydrogen (secondary N) is 1. The molecule has 2 aromatic heterocycles. The molecule has 0 saturated carbocycles. The zero-order valence-corrected chi connectivity index (χ0v) is 9.61. The highest BCUT2D eigenvalue weighted by atomic mass is 16.1. The van der Waals surface area contributed by atoms with Crippen LogP contribution in [-0.2, 0) is 0 Å². The number of hydrogen-bond donors (Lipinski definition) is 1. The molecule has 1 N–H and O–H groups in total. The highest BCUT2D eigenvalue weighted by Crippen LogP contribution is 1.99. The summed E-state index contributed by atoms with van der Waals surface area (Å²) in [5.41, 5.74) is 0.494. The predicted molar refractivity (Wildman–Crippen MR) is 62.9 cm³/mol. The summed E-state index contributed by atoms with van der Waals surface area (Å²) < 4.78 is 0. The van der Waals surface area contributed by atoms with Gasteiger partial charge < -0.3 is 4.98 Å². The monoisotopic (exact) mass is 207 g/mol. The van der Waals surface area contributed by atoms with Crippen LogP contribution in [0, 0.1) is 0 Å². The maximum absolute atomic E-state index is 11.1. The quantitative estimate of drug-likeness (QED) is 0.721. The van der Waals surface area contributed by atoms with Crippen LogP contribution in [-0.4, -0.2) is 15.0 Å². The standard InChI is InChI=1S/C7H5N3O.2C2H6/c11-7-5-1-2-8-3-6(5)9-4-10-7;2*1-2/h1-4H,(H,9,10,11);2*1-2H3. The maximum atomic E-state index is 11.1. The molecule has 0 aromatic carbocycles. The average Bonchev–Trinajstić information content (AvgIpc) is 2.35. The Balaban J connectivity index is 0.000000442. The smallest absolute Gasteiger partial charge is 0.258 e. The fourth-order valence-electron chi connectivity index (χ4n) is 0.919. The van der Waals surface area contributed by atoms with Gasteiger partial charge in [-0.1, -0.05) is 27.7 Å². The van der Waals surface area contributed by atoms with E-state index in [1.165, 1.54) is 6.33 Å². The van der Waals surface area contributed by atoms with Gasteiger partial charge in [0.2, 0.25) is 0 Å². The number of H-pyrrole nitrogens is 1. The second-order valence-corrected chi connectivity index (χ2v) is 2.12. The molecule has 4 heteroatoms. The molecule has 0 fully saturated rings. The zero-order chi connectivity index (χ0) is 11.7. The fourth-order valence-corrected chi connectivity index (χ4v) is 0.919. The maximum Gasteiger partial charge on any atom is 0.258 e. The Morgan fingerprint density at radius 2 is 1.87 bits per heavy atom. The first-order chi connectivity index (χ1) is 7.38. The summed E-state index contributed by atoms with van der Waals surface area (Å²) in [7, 11) is 0. The fraction of sp³-hybridized carbons (Fsp3) is 0.364. The van der Waals surface area contributed by atoms with E-state index in [4.69, 9.17) is 0 Å². The van der Waals surface area contributed by atoms with Crippen molar-refractivity contribution in [2.24, 2.45) is 0 Å². The highest BCUT2D eigenvalue weighted by Gasteiger charge is 1.95. The van der Waals surface area contributed by atoms with Gasteiger partial charge in [-0.05, 0) is 6.07 Å². The van der Waals surface area contributed by atoms with Crippen LogP contribution in [0.1, 0.15) is 27.7 Å². The lowest BCUT2D eigenvalue weighted by Gasteiger charge is -1.90. The Morgan fingerprint density at radius 3 is 2.47 bits per heavy atom. The largest absolute Gasteiger partial charge is 0.313 e. The average molecular weight is 207 g/mol. The molecule has 0 aliphatic carbocycles. The summed E-state index contributed by atoms with van der Waals surface area (Å²) in [4.78, 5) is 21.3. The Kier molecular flexibility index (Phi) is 6.80. The molecule has 0 atom stereocenters. The van der Waals surface area contributed by atoms with Crippen molar-refractivity contribution in [3.8, 4) is 0 Å². The van der Waals surface area contributed by atoms with Gasteiger partial charge in [-0.15, -0.1) is 0 Å². The van der Waals surface area contributed by atoms with Gasteiger partial charge in [0.05, 0.1) is 23.4 Å². The Hall–Kier alpha value is -1.71. The van der Waals surface area contributed by atoms with Crippen molar-refractivity contribution in [1.29, 1.82) is 0 Å². The number of aromatic nitrogens is 3. The van der Waals surface area contributed by atoms with Crippen LogP contribution in [0.3, 0.4) is 0 Å². The van der Waals surface area contributed by atoms with E-state index in [-0.39, 0.29) is 5.56 Å². The first kappa shape index (κ1) is 13.3. The van der Waals surface area contributed by atoms with Gasteiger partial charge in [-0.3, -0.25) is 9.78 Å². The number of fused-ring (bicyclic) bond motifs is 1. The van der Waals surface area contributed by atoms with Crippen molar-refractivity contribution in [2.75, 3.05) is 0 Å². The first-order valence-corrected chi connectivity index (χ1v) is 5.15. The second-order valence-electron chi connectivity index (χ2n) is 2.12. The summed E-state index contributed by atoms with van der Waals surface area (Å²) in [5, 5.41) is 0.572. The van der Waals surface area contributed by atoms with Crippen molar-refractivity contribution < 1.29 is 0 Å². The number of rotatable bonds is 0. The Morgan fingerprint density at radius 1 is 1.20 bits per heavy atom. The summed E-state index contributed by atoms with van der Waals surface area (Å²) in [6.45, 7) is 8.00. The van der Waals surface area contributed by atoms with Crippen molar-refractivity contribution in [3.63, 3.8) is 0 Å². The van der Waals surface area contributed by atoms with E-state index in [0.29, 0.717) is 10.9 Å². The van der Waals surface area contributed by atoms with E-state index in [9.17, 15) is 4.79 Å². The van der Waals surface area contributed by atoms with Crippen molar-refractivity contribution in [3.05, 3.63) is 35.1 Å². The molecular weight excluding hydrogens is 190 g/mol. The molecule has 82 valence electrons. The summed E-state index contributed by atoms with van der Waals surface area (Å²) >= 11 is 0. The molecule has 0 spiro atoms. The summed E-state index contributed by atoms with van der Waals surface area (Å²) in [6, 6.07) is 1.64. The first-order valence-electron chi connectivity index (χ1n) is 5.15. The molecule has 0 bridgehead atoms. The lowest BCUT2D eigenvalue weighted by molar-refractivity contribution is 1.16. The van der Waals surface area contributed by atoms with Gasteiger partial charge in [-0.2, -0.15) is 0 Å². The number of pyridine rings is 1. The minimum Gasteiger partial charge on any atom is -0.313 e. The number of nitrogens with zero attached hydrogens (tertiary/aromatic N) is 2. The van der Waals surface area contributed by atoms with Gasteiger partial charge in [0.25, 0.3) is 5.56 Å². The Labute approximate surface area is 89.4 Å². The third-order valence-corrected chi connectivity index (χ3v) is 1.44. The predicted octanol–water partition coefficient (Wildman–Crippen LogP) is 2.37. The van der Waals surface area contributed by atoms with E-state index in [0.717, 1.165) is 0 Å². The van der Waals surface area contributed by atoms with E-state index in [1.54, 1.807) is 18.5 Å². The third-order valence-electron chi connectivity index (χ3n) is 1.44. The topological polar surface area (TPSA) is 58.6 Å². The molecule has 0 unspecified atom stereocenters. The molecule has 4 nitrogen and oxygen atoms in total. The van der Waals surface area contributed by atoms with Gasteiger partial charge in [0.15, 0.2) is 0 Å². The van der Waals surface area contributed by atoms with Crippen LogP contribution < -0.4 is 5.56 Å². The summed E-state index contributed by atoms with van der Waals surface area (Å²) in [6.07, 6.45) is 4.50. The minimum absolute atomic E-state index is 0.127. The molecule has 0 amide bonds.